The van der Waals surface area contributed by atoms with Crippen molar-refractivity contribution in [2.75, 3.05) is 0 Å². The van der Waals surface area contributed by atoms with Gasteiger partial charge in [-0.15, -0.1) is 0 Å². The minimum Gasteiger partial charge on any atom is -0.457 e. The van der Waals surface area contributed by atoms with Gasteiger partial charge in [-0.2, -0.15) is 0 Å². The molecule has 0 atom stereocenters. The molecule has 0 radical (unpaired) electrons. The van der Waals surface area contributed by atoms with E-state index in [4.69, 9.17) is 4.74 Å². The van der Waals surface area contributed by atoms with E-state index in [0.717, 1.165) is 4.47 Å². The first-order valence-corrected chi connectivity index (χ1v) is 6.62. The topological polar surface area (TPSA) is 72.6 Å². The fourth-order valence-electron chi connectivity index (χ4n) is 1.75. The number of aliphatic hydroxyl groups excluding tert-OH is 1. The van der Waals surface area contributed by atoms with Gasteiger partial charge in [-0.3, -0.25) is 10.1 Å². The Kier molecular flexibility index (Phi) is 4.36. The Morgan fingerprint density at radius 2 is 1.95 bits per heavy atom. The Labute approximate surface area is 124 Å². The Bertz CT molecular complexity index is 658. The number of aliphatic hydroxyl groups is 1. The van der Waals surface area contributed by atoms with Gasteiger partial charge in [0.2, 0.25) is 0 Å². The van der Waals surface area contributed by atoms with Crippen molar-refractivity contribution in [3.63, 3.8) is 0 Å². The Morgan fingerprint density at radius 3 is 2.55 bits per heavy atom. The number of aryl methyl sites for hydroxylation is 1. The molecule has 1 N–H and O–H groups in total. The first kappa shape index (κ1) is 14.5. The molecule has 0 aliphatic rings. The maximum Gasteiger partial charge on any atom is 0.269 e. The Balaban J connectivity index is 2.33. The molecule has 0 unspecified atom stereocenters. The van der Waals surface area contributed by atoms with Crippen LogP contribution in [0.1, 0.15) is 11.1 Å². The molecule has 0 heterocycles. The zero-order valence-corrected chi connectivity index (χ0v) is 12.3. The second-order valence-electron chi connectivity index (χ2n) is 4.22. The fourth-order valence-corrected chi connectivity index (χ4v) is 2.16. The molecular formula is C14H12BrNO4. The summed E-state index contributed by atoms with van der Waals surface area (Å²) in [5.74, 6) is 1.04. The minimum absolute atomic E-state index is 0.0213. The number of benzene rings is 2. The highest BCUT2D eigenvalue weighted by Crippen LogP contribution is 2.31. The Morgan fingerprint density at radius 1 is 1.25 bits per heavy atom. The summed E-state index contributed by atoms with van der Waals surface area (Å²) < 4.78 is 6.56. The lowest BCUT2D eigenvalue weighted by Gasteiger charge is -2.12. The zero-order chi connectivity index (χ0) is 14.7. The standard InChI is InChI=1S/C14H12BrNO4/c1-9-6-12(16(18)19)3-5-13(9)20-14-4-2-11(15)7-10(14)8-17/h2-7,17H,8H2,1H3. The second kappa shape index (κ2) is 6.02. The quantitative estimate of drug-likeness (QED) is 0.677. The first-order chi connectivity index (χ1) is 9.51. The number of nitro benzene ring substituents is 1. The average Bonchev–Trinajstić information content (AvgIpc) is 2.42. The molecule has 0 aliphatic carbocycles. The molecule has 2 rings (SSSR count). The molecule has 0 aromatic heterocycles. The molecule has 0 saturated heterocycles. The summed E-state index contributed by atoms with van der Waals surface area (Å²) in [6, 6.07) is 9.69. The lowest BCUT2D eigenvalue weighted by atomic mass is 10.2. The van der Waals surface area contributed by atoms with Crippen LogP contribution in [-0.4, -0.2) is 10.0 Å². The monoisotopic (exact) mass is 337 g/mol. The van der Waals surface area contributed by atoms with E-state index < -0.39 is 4.92 Å². The maximum absolute atomic E-state index is 10.7. The number of non-ortho nitro benzene ring substituents is 1. The third-order valence-corrected chi connectivity index (χ3v) is 3.28. The van der Waals surface area contributed by atoms with Crippen molar-refractivity contribution in [1.29, 1.82) is 0 Å². The summed E-state index contributed by atoms with van der Waals surface area (Å²) >= 11 is 3.32. The van der Waals surface area contributed by atoms with Crippen LogP contribution >= 0.6 is 15.9 Å². The summed E-state index contributed by atoms with van der Waals surface area (Å²) in [6.45, 7) is 1.58. The zero-order valence-electron chi connectivity index (χ0n) is 10.7. The molecule has 2 aromatic rings. The van der Waals surface area contributed by atoms with Crippen LogP contribution in [0.15, 0.2) is 40.9 Å². The van der Waals surface area contributed by atoms with Crippen LogP contribution in [0.2, 0.25) is 0 Å². The molecular weight excluding hydrogens is 326 g/mol. The van der Waals surface area contributed by atoms with Crippen LogP contribution in [-0.2, 0) is 6.61 Å². The van der Waals surface area contributed by atoms with Gasteiger partial charge < -0.3 is 9.84 Å². The van der Waals surface area contributed by atoms with E-state index in [1.807, 2.05) is 0 Å². The smallest absolute Gasteiger partial charge is 0.269 e. The molecule has 2 aromatic carbocycles. The number of halogens is 1. The molecule has 0 amide bonds. The molecule has 0 aliphatic heterocycles. The van der Waals surface area contributed by atoms with Crippen molar-refractivity contribution in [2.24, 2.45) is 0 Å². The molecule has 0 fully saturated rings. The van der Waals surface area contributed by atoms with E-state index in [0.29, 0.717) is 22.6 Å². The van der Waals surface area contributed by atoms with Gasteiger partial charge in [0, 0.05) is 22.2 Å². The highest BCUT2D eigenvalue weighted by Gasteiger charge is 2.11. The highest BCUT2D eigenvalue weighted by molar-refractivity contribution is 9.10. The van der Waals surface area contributed by atoms with Crippen LogP contribution in [0.25, 0.3) is 0 Å². The van der Waals surface area contributed by atoms with Crippen molar-refractivity contribution in [1.82, 2.24) is 0 Å². The van der Waals surface area contributed by atoms with Crippen molar-refractivity contribution in [3.8, 4) is 11.5 Å². The predicted molar refractivity (Wildman–Crippen MR) is 78.0 cm³/mol. The average molecular weight is 338 g/mol. The van der Waals surface area contributed by atoms with Gasteiger partial charge in [-0.05, 0) is 36.8 Å². The SMILES string of the molecule is Cc1cc([N+](=O)[O-])ccc1Oc1ccc(Br)cc1CO. The van der Waals surface area contributed by atoms with Gasteiger partial charge in [-0.25, -0.2) is 0 Å². The lowest BCUT2D eigenvalue weighted by molar-refractivity contribution is -0.384. The molecule has 104 valence electrons. The van der Waals surface area contributed by atoms with Gasteiger partial charge in [0.25, 0.3) is 5.69 Å². The summed E-state index contributed by atoms with van der Waals surface area (Å²) in [5, 5.41) is 20.0. The molecule has 6 heteroatoms. The van der Waals surface area contributed by atoms with E-state index in [1.54, 1.807) is 31.2 Å². The fraction of sp³-hybridized carbons (Fsp3) is 0.143. The molecule has 0 saturated carbocycles. The number of rotatable bonds is 4. The second-order valence-corrected chi connectivity index (χ2v) is 5.13. The predicted octanol–water partition coefficient (Wildman–Crippen LogP) is 3.95. The normalized spacial score (nSPS) is 10.3. The molecule has 5 nitrogen and oxygen atoms in total. The Hall–Kier alpha value is -1.92. The summed E-state index contributed by atoms with van der Waals surface area (Å²) in [7, 11) is 0. The van der Waals surface area contributed by atoms with E-state index in [-0.39, 0.29) is 12.3 Å². The molecule has 0 spiro atoms. The van der Waals surface area contributed by atoms with Crippen LogP contribution in [0, 0.1) is 17.0 Å². The summed E-state index contributed by atoms with van der Waals surface area (Å²) in [5.41, 5.74) is 1.32. The third-order valence-electron chi connectivity index (χ3n) is 2.78. The summed E-state index contributed by atoms with van der Waals surface area (Å²) in [4.78, 5) is 10.2. The van der Waals surface area contributed by atoms with Gasteiger partial charge >= 0.3 is 0 Å². The van der Waals surface area contributed by atoms with Crippen molar-refractivity contribution < 1.29 is 14.8 Å². The largest absolute Gasteiger partial charge is 0.457 e. The van der Waals surface area contributed by atoms with E-state index in [2.05, 4.69) is 15.9 Å². The number of nitro groups is 1. The third kappa shape index (κ3) is 3.15. The molecule has 0 bridgehead atoms. The van der Waals surface area contributed by atoms with E-state index in [9.17, 15) is 15.2 Å². The van der Waals surface area contributed by atoms with E-state index >= 15 is 0 Å². The minimum atomic E-state index is -0.449. The number of ether oxygens (including phenoxy) is 1. The van der Waals surface area contributed by atoms with Crippen LogP contribution in [0.4, 0.5) is 5.69 Å². The van der Waals surface area contributed by atoms with Gasteiger partial charge in [0.05, 0.1) is 11.5 Å². The van der Waals surface area contributed by atoms with Crippen molar-refractivity contribution in [2.45, 2.75) is 13.5 Å². The van der Waals surface area contributed by atoms with Crippen LogP contribution in [0.5, 0.6) is 11.5 Å². The molecule has 20 heavy (non-hydrogen) atoms. The lowest BCUT2D eigenvalue weighted by Crippen LogP contribution is -1.95. The first-order valence-electron chi connectivity index (χ1n) is 5.83. The number of hydrogen-bond acceptors (Lipinski definition) is 4. The highest BCUT2D eigenvalue weighted by atomic mass is 79.9. The number of hydrogen-bond donors (Lipinski definition) is 1. The van der Waals surface area contributed by atoms with Crippen LogP contribution in [0.3, 0.4) is 0 Å². The maximum atomic E-state index is 10.7. The van der Waals surface area contributed by atoms with Gasteiger partial charge in [-0.1, -0.05) is 15.9 Å². The van der Waals surface area contributed by atoms with Crippen molar-refractivity contribution in [3.05, 3.63) is 62.1 Å². The number of nitrogens with zero attached hydrogens (tertiary/aromatic N) is 1. The van der Waals surface area contributed by atoms with Crippen molar-refractivity contribution >= 4 is 21.6 Å². The van der Waals surface area contributed by atoms with Crippen LogP contribution < -0.4 is 4.74 Å². The summed E-state index contributed by atoms with van der Waals surface area (Å²) in [6.07, 6.45) is 0. The van der Waals surface area contributed by atoms with Gasteiger partial charge in [0.1, 0.15) is 11.5 Å². The van der Waals surface area contributed by atoms with Gasteiger partial charge in [0.15, 0.2) is 0 Å². The van der Waals surface area contributed by atoms with E-state index in [1.165, 1.54) is 12.1 Å².